The number of nitro benzene ring substituents is 1. The Hall–Kier alpha value is -2.11. The van der Waals surface area contributed by atoms with E-state index in [0.717, 1.165) is 31.5 Å². The molecule has 114 valence electrons. The third-order valence-electron chi connectivity index (χ3n) is 4.09. The molecule has 0 saturated carbocycles. The maximum atomic E-state index is 11.1. The highest BCUT2D eigenvalue weighted by atomic mass is 16.6. The smallest absolute Gasteiger partial charge is 0.342 e. The second-order valence-corrected chi connectivity index (χ2v) is 5.37. The van der Waals surface area contributed by atoms with Gasteiger partial charge in [0.1, 0.15) is 5.56 Å². The van der Waals surface area contributed by atoms with E-state index in [9.17, 15) is 14.9 Å². The molecule has 6 nitrogen and oxygen atoms in total. The Kier molecular flexibility index (Phi) is 4.77. The van der Waals surface area contributed by atoms with Gasteiger partial charge in [0.15, 0.2) is 0 Å². The average Bonchev–Trinajstić information content (AvgIpc) is 2.71. The van der Waals surface area contributed by atoms with E-state index in [1.807, 2.05) is 0 Å². The third kappa shape index (κ3) is 3.32. The molecule has 0 radical (unpaired) electrons. The Morgan fingerprint density at radius 2 is 2.19 bits per heavy atom. The molecule has 1 N–H and O–H groups in total. The summed E-state index contributed by atoms with van der Waals surface area (Å²) in [5.41, 5.74) is 0.158. The molecular formula is C15H20N2O4. The van der Waals surface area contributed by atoms with Crippen LogP contribution in [-0.2, 0) is 0 Å². The number of nitrogens with zero attached hydrogens (tertiary/aromatic N) is 2. The Labute approximate surface area is 123 Å². The second kappa shape index (κ2) is 6.56. The number of benzene rings is 1. The van der Waals surface area contributed by atoms with Crippen LogP contribution in [0.2, 0.25) is 0 Å². The van der Waals surface area contributed by atoms with E-state index in [1.165, 1.54) is 25.0 Å². The van der Waals surface area contributed by atoms with Gasteiger partial charge in [0, 0.05) is 24.3 Å². The highest BCUT2D eigenvalue weighted by molar-refractivity contribution is 5.93. The summed E-state index contributed by atoms with van der Waals surface area (Å²) in [5, 5.41) is 20.1. The fourth-order valence-electron chi connectivity index (χ4n) is 2.97. The summed E-state index contributed by atoms with van der Waals surface area (Å²) in [6.07, 6.45) is 5.46. The van der Waals surface area contributed by atoms with Gasteiger partial charge in [-0.2, -0.15) is 0 Å². The molecule has 1 heterocycles. The van der Waals surface area contributed by atoms with E-state index in [-0.39, 0.29) is 11.3 Å². The lowest BCUT2D eigenvalue weighted by Crippen LogP contribution is -2.34. The van der Waals surface area contributed by atoms with Crippen molar-refractivity contribution in [1.82, 2.24) is 0 Å². The summed E-state index contributed by atoms with van der Waals surface area (Å²) in [7, 11) is 0. The van der Waals surface area contributed by atoms with E-state index in [1.54, 1.807) is 6.07 Å². The zero-order valence-electron chi connectivity index (χ0n) is 12.1. The first-order valence-corrected chi connectivity index (χ1v) is 7.33. The van der Waals surface area contributed by atoms with E-state index in [0.29, 0.717) is 6.04 Å². The Bertz CT molecular complexity index is 544. The first-order chi connectivity index (χ1) is 10.0. The van der Waals surface area contributed by atoms with Crippen molar-refractivity contribution >= 4 is 17.3 Å². The fourth-order valence-corrected chi connectivity index (χ4v) is 2.97. The van der Waals surface area contributed by atoms with Gasteiger partial charge in [0.05, 0.1) is 4.92 Å². The molecular weight excluding hydrogens is 272 g/mol. The topological polar surface area (TPSA) is 83.7 Å². The molecule has 1 aromatic rings. The van der Waals surface area contributed by atoms with Gasteiger partial charge >= 0.3 is 5.97 Å². The lowest BCUT2D eigenvalue weighted by atomic mass is 10.1. The number of carboxylic acid groups (broad SMARTS) is 1. The van der Waals surface area contributed by atoms with Crippen LogP contribution in [0.4, 0.5) is 11.4 Å². The summed E-state index contributed by atoms with van der Waals surface area (Å²) in [6, 6.07) is 4.79. The van der Waals surface area contributed by atoms with Crippen LogP contribution in [0.3, 0.4) is 0 Å². The summed E-state index contributed by atoms with van der Waals surface area (Å²) in [6.45, 7) is 2.98. The van der Waals surface area contributed by atoms with E-state index in [4.69, 9.17) is 5.11 Å². The third-order valence-corrected chi connectivity index (χ3v) is 4.09. The lowest BCUT2D eigenvalue weighted by Gasteiger charge is -2.31. The Morgan fingerprint density at radius 3 is 2.81 bits per heavy atom. The molecule has 1 aliphatic heterocycles. The maximum Gasteiger partial charge on any atom is 0.342 e. The highest BCUT2D eigenvalue weighted by Gasteiger charge is 2.25. The van der Waals surface area contributed by atoms with Gasteiger partial charge in [0.2, 0.25) is 0 Å². The van der Waals surface area contributed by atoms with Gasteiger partial charge in [-0.05, 0) is 31.4 Å². The SMILES string of the molecule is CCC1CCCCCN1c1ccc(C(=O)O)c([N+](=O)[O-])c1. The molecule has 0 amide bonds. The molecule has 1 fully saturated rings. The standard InChI is InChI=1S/C15H20N2O4/c1-2-11-6-4-3-5-9-16(11)12-7-8-13(15(18)19)14(10-12)17(20)21/h7-8,10-11H,2-6,9H2,1H3,(H,18,19). The van der Waals surface area contributed by atoms with Gasteiger partial charge in [-0.25, -0.2) is 4.79 Å². The molecule has 21 heavy (non-hydrogen) atoms. The average molecular weight is 292 g/mol. The quantitative estimate of drug-likeness (QED) is 0.678. The highest BCUT2D eigenvalue weighted by Crippen LogP contribution is 2.30. The van der Waals surface area contributed by atoms with E-state index in [2.05, 4.69) is 11.8 Å². The van der Waals surface area contributed by atoms with Crippen LogP contribution in [0.5, 0.6) is 0 Å². The fraction of sp³-hybridized carbons (Fsp3) is 0.533. The number of anilines is 1. The number of hydrogen-bond donors (Lipinski definition) is 1. The minimum atomic E-state index is -1.27. The Balaban J connectivity index is 2.40. The molecule has 1 aliphatic rings. The van der Waals surface area contributed by atoms with Gasteiger partial charge in [0.25, 0.3) is 5.69 Å². The normalized spacial score (nSPS) is 19.1. The lowest BCUT2D eigenvalue weighted by molar-refractivity contribution is -0.385. The molecule has 0 spiro atoms. The molecule has 0 aliphatic carbocycles. The van der Waals surface area contributed by atoms with Crippen molar-refractivity contribution < 1.29 is 14.8 Å². The summed E-state index contributed by atoms with van der Waals surface area (Å²) < 4.78 is 0. The predicted molar refractivity (Wildman–Crippen MR) is 79.9 cm³/mol. The van der Waals surface area contributed by atoms with E-state index < -0.39 is 10.9 Å². The Morgan fingerprint density at radius 1 is 1.43 bits per heavy atom. The minimum Gasteiger partial charge on any atom is -0.477 e. The summed E-state index contributed by atoms with van der Waals surface area (Å²) in [4.78, 5) is 23.7. The van der Waals surface area contributed by atoms with Crippen molar-refractivity contribution in [2.24, 2.45) is 0 Å². The number of nitro groups is 1. The van der Waals surface area contributed by atoms with Crippen molar-refractivity contribution in [3.8, 4) is 0 Å². The van der Waals surface area contributed by atoms with Crippen LogP contribution < -0.4 is 4.90 Å². The minimum absolute atomic E-state index is 0.258. The van der Waals surface area contributed by atoms with Gasteiger partial charge < -0.3 is 10.0 Å². The molecule has 0 aromatic heterocycles. The van der Waals surface area contributed by atoms with Crippen molar-refractivity contribution in [2.75, 3.05) is 11.4 Å². The first-order valence-electron chi connectivity index (χ1n) is 7.33. The van der Waals surface area contributed by atoms with Crippen LogP contribution >= 0.6 is 0 Å². The molecule has 1 saturated heterocycles. The number of hydrogen-bond acceptors (Lipinski definition) is 4. The number of rotatable bonds is 4. The monoisotopic (exact) mass is 292 g/mol. The molecule has 1 aromatic carbocycles. The summed E-state index contributed by atoms with van der Waals surface area (Å²) >= 11 is 0. The molecule has 0 bridgehead atoms. The van der Waals surface area contributed by atoms with Crippen LogP contribution in [0, 0.1) is 10.1 Å². The maximum absolute atomic E-state index is 11.1. The van der Waals surface area contributed by atoms with Gasteiger partial charge in [-0.3, -0.25) is 10.1 Å². The van der Waals surface area contributed by atoms with Crippen molar-refractivity contribution in [1.29, 1.82) is 0 Å². The number of aromatic carboxylic acids is 1. The van der Waals surface area contributed by atoms with Crippen LogP contribution in [0.15, 0.2) is 18.2 Å². The zero-order chi connectivity index (χ0) is 15.4. The van der Waals surface area contributed by atoms with Gasteiger partial charge in [-0.1, -0.05) is 19.8 Å². The molecule has 6 heteroatoms. The zero-order valence-corrected chi connectivity index (χ0v) is 12.1. The van der Waals surface area contributed by atoms with Crippen molar-refractivity contribution in [3.63, 3.8) is 0 Å². The molecule has 1 unspecified atom stereocenters. The van der Waals surface area contributed by atoms with Crippen molar-refractivity contribution in [2.45, 2.75) is 45.1 Å². The van der Waals surface area contributed by atoms with Crippen LogP contribution in [0.1, 0.15) is 49.4 Å². The van der Waals surface area contributed by atoms with Crippen LogP contribution in [-0.4, -0.2) is 28.6 Å². The molecule has 1 atom stereocenters. The van der Waals surface area contributed by atoms with Crippen molar-refractivity contribution in [3.05, 3.63) is 33.9 Å². The second-order valence-electron chi connectivity index (χ2n) is 5.37. The first kappa shape index (κ1) is 15.3. The van der Waals surface area contributed by atoms with E-state index >= 15 is 0 Å². The number of carbonyl (C=O) groups is 1. The number of carboxylic acids is 1. The summed E-state index contributed by atoms with van der Waals surface area (Å²) in [5.74, 6) is -1.27. The van der Waals surface area contributed by atoms with Gasteiger partial charge in [-0.15, -0.1) is 0 Å². The predicted octanol–water partition coefficient (Wildman–Crippen LogP) is 3.45. The molecule has 2 rings (SSSR count). The largest absolute Gasteiger partial charge is 0.477 e. The van der Waals surface area contributed by atoms with Crippen LogP contribution in [0.25, 0.3) is 0 Å².